The van der Waals surface area contributed by atoms with Crippen LogP contribution in [0.1, 0.15) is 24.3 Å². The minimum absolute atomic E-state index is 0.109. The van der Waals surface area contributed by atoms with Crippen molar-refractivity contribution >= 4 is 37.4 Å². The molecule has 1 heterocycles. The Bertz CT molecular complexity index is 811. The van der Waals surface area contributed by atoms with E-state index in [1.54, 1.807) is 0 Å². The van der Waals surface area contributed by atoms with Crippen molar-refractivity contribution in [2.75, 3.05) is 0 Å². The molecule has 2 heteroatoms. The van der Waals surface area contributed by atoms with Gasteiger partial charge in [0.05, 0.1) is 0 Å². The molecule has 1 aliphatic carbocycles. The van der Waals surface area contributed by atoms with Crippen molar-refractivity contribution in [2.24, 2.45) is 0 Å². The lowest BCUT2D eigenvalue weighted by molar-refractivity contribution is 0.674. The molecule has 0 atom stereocenters. The summed E-state index contributed by atoms with van der Waals surface area (Å²) in [5, 5.41) is 1.40. The smallest absolute Gasteiger partial charge is 0.0352 e. The van der Waals surface area contributed by atoms with Crippen LogP contribution in [0.15, 0.2) is 46.9 Å². The van der Waals surface area contributed by atoms with Crippen LogP contribution in [-0.2, 0) is 5.41 Å². The Balaban J connectivity index is 2.18. The highest BCUT2D eigenvalue weighted by molar-refractivity contribution is 9.10. The number of fused-ring (bicyclic) bond motifs is 5. The molecule has 2 aromatic carbocycles. The number of hydrogen-bond donors (Lipinski definition) is 0. The van der Waals surface area contributed by atoms with Crippen LogP contribution in [0.25, 0.3) is 21.2 Å². The van der Waals surface area contributed by atoms with Gasteiger partial charge in [-0.25, -0.2) is 0 Å². The quantitative estimate of drug-likeness (QED) is 0.477. The molecule has 0 spiro atoms. The maximum absolute atomic E-state index is 3.60. The summed E-state index contributed by atoms with van der Waals surface area (Å²) in [5.41, 5.74) is 4.40. The third-order valence-electron chi connectivity index (χ3n) is 4.09. The van der Waals surface area contributed by atoms with Gasteiger partial charge in [-0.05, 0) is 29.3 Å². The van der Waals surface area contributed by atoms with E-state index in [1.807, 2.05) is 11.3 Å². The first-order chi connectivity index (χ1) is 9.09. The van der Waals surface area contributed by atoms with Crippen LogP contribution in [-0.4, -0.2) is 0 Å². The summed E-state index contributed by atoms with van der Waals surface area (Å²) in [6.45, 7) is 4.67. The zero-order valence-corrected chi connectivity index (χ0v) is 13.2. The molecule has 1 aromatic heterocycles. The summed E-state index contributed by atoms with van der Waals surface area (Å²) in [6, 6.07) is 15.4. The molecule has 0 aliphatic heterocycles. The van der Waals surface area contributed by atoms with Gasteiger partial charge in [-0.3, -0.25) is 0 Å². The van der Waals surface area contributed by atoms with Gasteiger partial charge >= 0.3 is 0 Å². The molecule has 0 saturated heterocycles. The average Bonchev–Trinajstić information content (AvgIpc) is 2.87. The third-order valence-corrected chi connectivity index (χ3v) is 6.08. The van der Waals surface area contributed by atoms with E-state index in [4.69, 9.17) is 0 Å². The van der Waals surface area contributed by atoms with Gasteiger partial charge in [-0.2, -0.15) is 0 Å². The van der Waals surface area contributed by atoms with Crippen LogP contribution in [0.2, 0.25) is 0 Å². The highest BCUT2D eigenvalue weighted by atomic mass is 79.9. The van der Waals surface area contributed by atoms with Crippen molar-refractivity contribution in [2.45, 2.75) is 19.3 Å². The zero-order chi connectivity index (χ0) is 13.2. The van der Waals surface area contributed by atoms with Gasteiger partial charge in [-0.15, -0.1) is 11.3 Å². The Hall–Kier alpha value is -1.12. The van der Waals surface area contributed by atoms with Gasteiger partial charge in [0.25, 0.3) is 0 Å². The largest absolute Gasteiger partial charge is 0.139 e. The fourth-order valence-electron chi connectivity index (χ4n) is 3.13. The monoisotopic (exact) mass is 328 g/mol. The topological polar surface area (TPSA) is 0 Å². The minimum atomic E-state index is 0.109. The molecule has 4 rings (SSSR count). The highest BCUT2D eigenvalue weighted by Crippen LogP contribution is 2.55. The van der Waals surface area contributed by atoms with E-state index >= 15 is 0 Å². The summed E-state index contributed by atoms with van der Waals surface area (Å²) < 4.78 is 2.56. The molecule has 0 unspecified atom stereocenters. The van der Waals surface area contributed by atoms with Crippen molar-refractivity contribution in [1.29, 1.82) is 0 Å². The van der Waals surface area contributed by atoms with Crippen molar-refractivity contribution < 1.29 is 0 Å². The van der Waals surface area contributed by atoms with E-state index in [9.17, 15) is 0 Å². The molecule has 94 valence electrons. The van der Waals surface area contributed by atoms with Crippen molar-refractivity contribution in [3.05, 3.63) is 57.4 Å². The van der Waals surface area contributed by atoms with Crippen molar-refractivity contribution in [3.8, 4) is 11.1 Å². The molecule has 19 heavy (non-hydrogen) atoms. The molecular weight excluding hydrogens is 316 g/mol. The number of rotatable bonds is 0. The van der Waals surface area contributed by atoms with E-state index in [1.165, 1.54) is 36.1 Å². The highest BCUT2D eigenvalue weighted by Gasteiger charge is 2.38. The first-order valence-electron chi connectivity index (χ1n) is 6.41. The molecule has 0 bridgehead atoms. The summed E-state index contributed by atoms with van der Waals surface area (Å²) in [7, 11) is 0. The van der Waals surface area contributed by atoms with Crippen LogP contribution in [0, 0.1) is 0 Å². The minimum Gasteiger partial charge on any atom is -0.139 e. The van der Waals surface area contributed by atoms with Crippen LogP contribution < -0.4 is 0 Å². The summed E-state index contributed by atoms with van der Waals surface area (Å²) >= 11 is 5.54. The normalized spacial score (nSPS) is 15.5. The van der Waals surface area contributed by atoms with Gasteiger partial charge in [0.15, 0.2) is 0 Å². The predicted octanol–water partition coefficient (Wildman–Crippen LogP) is 5.97. The van der Waals surface area contributed by atoms with E-state index < -0.39 is 0 Å². The summed E-state index contributed by atoms with van der Waals surface area (Å²) in [4.78, 5) is 1.50. The Morgan fingerprint density at radius 2 is 1.84 bits per heavy atom. The number of benzene rings is 2. The molecule has 0 saturated carbocycles. The van der Waals surface area contributed by atoms with Crippen molar-refractivity contribution in [1.82, 2.24) is 0 Å². The number of halogens is 1. The molecule has 0 radical (unpaired) electrons. The average molecular weight is 329 g/mol. The van der Waals surface area contributed by atoms with E-state index in [2.05, 4.69) is 72.2 Å². The maximum Gasteiger partial charge on any atom is 0.0352 e. The van der Waals surface area contributed by atoms with E-state index in [0.29, 0.717) is 0 Å². The molecule has 1 aliphatic rings. The number of hydrogen-bond acceptors (Lipinski definition) is 1. The van der Waals surface area contributed by atoms with Crippen LogP contribution in [0.4, 0.5) is 0 Å². The molecule has 3 aromatic rings. The van der Waals surface area contributed by atoms with Crippen molar-refractivity contribution in [3.63, 3.8) is 0 Å². The SMILES string of the molecule is CC1(C)c2cc(Br)ccc2-c2c1sc1ccccc21. The Labute approximate surface area is 125 Å². The van der Waals surface area contributed by atoms with Gasteiger partial charge in [0.1, 0.15) is 0 Å². The predicted molar refractivity (Wildman–Crippen MR) is 87.1 cm³/mol. The molecule has 0 N–H and O–H groups in total. The van der Waals surface area contributed by atoms with Crippen LogP contribution >= 0.6 is 27.3 Å². The second-order valence-electron chi connectivity index (χ2n) is 5.62. The first-order valence-corrected chi connectivity index (χ1v) is 8.02. The molecule has 0 amide bonds. The Morgan fingerprint density at radius 1 is 1.05 bits per heavy atom. The lowest BCUT2D eigenvalue weighted by Gasteiger charge is -2.20. The van der Waals surface area contributed by atoms with E-state index in [0.717, 1.165) is 0 Å². The second-order valence-corrected chi connectivity index (χ2v) is 7.59. The summed E-state index contributed by atoms with van der Waals surface area (Å²) in [5.74, 6) is 0. The molecule has 0 fully saturated rings. The third kappa shape index (κ3) is 1.44. The van der Waals surface area contributed by atoms with Gasteiger partial charge in [0.2, 0.25) is 0 Å². The first kappa shape index (κ1) is 11.7. The lowest BCUT2D eigenvalue weighted by atomic mass is 9.87. The standard InChI is InChI=1S/C17H13BrS/c1-17(2)13-9-10(18)7-8-11(13)15-12-5-3-4-6-14(12)19-16(15)17/h3-9H,1-2H3. The van der Waals surface area contributed by atoms with Gasteiger partial charge in [-0.1, -0.05) is 54.0 Å². The fraction of sp³-hybridized carbons (Fsp3) is 0.176. The molecular formula is C17H13BrS. The Kier molecular flexibility index (Phi) is 2.28. The van der Waals surface area contributed by atoms with Crippen LogP contribution in [0.5, 0.6) is 0 Å². The zero-order valence-electron chi connectivity index (χ0n) is 10.8. The Morgan fingerprint density at radius 3 is 2.68 bits per heavy atom. The number of thiophene rings is 1. The second kappa shape index (κ2) is 3.71. The summed E-state index contributed by atoms with van der Waals surface area (Å²) in [6.07, 6.45) is 0. The molecule has 0 nitrogen and oxygen atoms in total. The van der Waals surface area contributed by atoms with Gasteiger partial charge in [0, 0.05) is 30.4 Å². The fourth-order valence-corrected chi connectivity index (χ4v) is 4.82. The maximum atomic E-state index is 3.60. The van der Waals surface area contributed by atoms with Gasteiger partial charge < -0.3 is 0 Å². The van der Waals surface area contributed by atoms with Crippen LogP contribution in [0.3, 0.4) is 0 Å². The lowest BCUT2D eigenvalue weighted by Crippen LogP contribution is -2.13. The van der Waals surface area contributed by atoms with E-state index in [-0.39, 0.29) is 5.41 Å².